The highest BCUT2D eigenvalue weighted by Crippen LogP contribution is 2.43. The number of aryl methyl sites for hydroxylation is 2. The van der Waals surface area contributed by atoms with E-state index in [-0.39, 0.29) is 29.8 Å². The summed E-state index contributed by atoms with van der Waals surface area (Å²) in [5.74, 6) is 0.705. The maximum atomic E-state index is 14.2. The number of amides is 2. The number of nitrogens with zero attached hydrogens (tertiary/aromatic N) is 7. The molecule has 0 spiro atoms. The van der Waals surface area contributed by atoms with Crippen LogP contribution < -0.4 is 5.32 Å². The standard InChI is InChI=1S/C32H31BrN8O4/c1-17-6-9-27(33)37-30(17)38-31(44)25-11-32(5,26-14-34-16-45-26)19(3)41(25)28(43)15-40-24-8-7-21(22-12-35-20(4)36-13-22)10-23(24)29(39-40)18(2)42/h6-10,12-14,16,19,25H,11,15H2,1-5H3,(H,37,38,44)/t19-,25+,32+/m1/s1. The maximum absolute atomic E-state index is 14.2. The van der Waals surface area contributed by atoms with E-state index in [1.54, 1.807) is 29.6 Å². The number of Topliss-reactive ketones (excluding diaryl/α,β-unsaturated/α-hetero) is 1. The molecule has 1 aliphatic heterocycles. The molecule has 3 atom stereocenters. The van der Waals surface area contributed by atoms with Crippen LogP contribution in [0.4, 0.5) is 5.82 Å². The summed E-state index contributed by atoms with van der Waals surface area (Å²) in [5, 5.41) is 8.10. The van der Waals surface area contributed by atoms with E-state index in [4.69, 9.17) is 4.42 Å². The van der Waals surface area contributed by atoms with Gasteiger partial charge in [0.05, 0.1) is 11.7 Å². The van der Waals surface area contributed by atoms with E-state index in [0.717, 1.165) is 16.7 Å². The zero-order valence-corrected chi connectivity index (χ0v) is 27.0. The predicted octanol–water partition coefficient (Wildman–Crippen LogP) is 5.04. The lowest BCUT2D eigenvalue weighted by atomic mass is 9.80. The second kappa shape index (κ2) is 11.6. The number of hydrogen-bond donors (Lipinski definition) is 1. The number of rotatable bonds is 7. The molecule has 5 aromatic rings. The minimum absolute atomic E-state index is 0.189. The van der Waals surface area contributed by atoms with Crippen LogP contribution in [0.15, 0.2) is 64.3 Å². The lowest BCUT2D eigenvalue weighted by Crippen LogP contribution is -2.49. The van der Waals surface area contributed by atoms with Crippen molar-refractivity contribution in [3.05, 3.63) is 82.8 Å². The van der Waals surface area contributed by atoms with Gasteiger partial charge >= 0.3 is 0 Å². The van der Waals surface area contributed by atoms with Crippen LogP contribution in [0.25, 0.3) is 22.0 Å². The first-order chi connectivity index (χ1) is 21.5. The molecule has 0 radical (unpaired) electrons. The smallest absolute Gasteiger partial charge is 0.248 e. The molecule has 1 aliphatic rings. The third kappa shape index (κ3) is 5.52. The van der Waals surface area contributed by atoms with Gasteiger partial charge in [0.1, 0.15) is 40.3 Å². The Morgan fingerprint density at radius 2 is 1.84 bits per heavy atom. The van der Waals surface area contributed by atoms with E-state index in [9.17, 15) is 14.4 Å². The highest BCUT2D eigenvalue weighted by molar-refractivity contribution is 9.10. The molecule has 1 aromatic carbocycles. The number of ketones is 1. The number of halogens is 1. The first-order valence-electron chi connectivity index (χ1n) is 14.4. The summed E-state index contributed by atoms with van der Waals surface area (Å²) in [4.78, 5) is 59.4. The summed E-state index contributed by atoms with van der Waals surface area (Å²) in [6, 6.07) is 7.93. The fraction of sp³-hybridized carbons (Fsp3) is 0.312. The second-order valence-corrected chi connectivity index (χ2v) is 12.4. The van der Waals surface area contributed by atoms with Crippen LogP contribution >= 0.6 is 15.9 Å². The number of likely N-dealkylation sites (tertiary alicyclic amines) is 1. The fourth-order valence-electron chi connectivity index (χ4n) is 5.98. The normalized spacial score (nSPS) is 19.6. The molecule has 2 amide bonds. The molecule has 45 heavy (non-hydrogen) atoms. The Labute approximate surface area is 267 Å². The van der Waals surface area contributed by atoms with Crippen molar-refractivity contribution in [2.75, 3.05) is 5.32 Å². The average molecular weight is 672 g/mol. The highest BCUT2D eigenvalue weighted by atomic mass is 79.9. The number of pyridine rings is 1. The van der Waals surface area contributed by atoms with Gasteiger partial charge in [-0.15, -0.1) is 0 Å². The highest BCUT2D eigenvalue weighted by Gasteiger charge is 2.54. The van der Waals surface area contributed by atoms with E-state index < -0.39 is 17.5 Å². The van der Waals surface area contributed by atoms with Crippen molar-refractivity contribution in [1.82, 2.24) is 34.6 Å². The van der Waals surface area contributed by atoms with E-state index in [2.05, 4.69) is 46.3 Å². The molecular formula is C32H31BrN8O4. The van der Waals surface area contributed by atoms with Crippen molar-refractivity contribution >= 4 is 50.2 Å². The molecule has 12 nitrogen and oxygen atoms in total. The summed E-state index contributed by atoms with van der Waals surface area (Å²) in [6.07, 6.45) is 6.71. The molecule has 6 rings (SSSR count). The van der Waals surface area contributed by atoms with Crippen LogP contribution in [0, 0.1) is 13.8 Å². The van der Waals surface area contributed by atoms with Crippen molar-refractivity contribution < 1.29 is 18.8 Å². The van der Waals surface area contributed by atoms with Crippen molar-refractivity contribution in [3.8, 4) is 11.1 Å². The first kappa shape index (κ1) is 30.3. The summed E-state index contributed by atoms with van der Waals surface area (Å²) in [5.41, 5.74) is 2.56. The first-order valence-corrected chi connectivity index (χ1v) is 15.2. The maximum Gasteiger partial charge on any atom is 0.248 e. The minimum atomic E-state index is -0.843. The molecule has 0 unspecified atom stereocenters. The Balaban J connectivity index is 1.36. The quantitative estimate of drug-likeness (QED) is 0.185. The molecular weight excluding hydrogens is 640 g/mol. The van der Waals surface area contributed by atoms with Crippen LogP contribution in [0.3, 0.4) is 0 Å². The van der Waals surface area contributed by atoms with Gasteiger partial charge in [0.25, 0.3) is 0 Å². The van der Waals surface area contributed by atoms with Gasteiger partial charge in [-0.25, -0.2) is 19.9 Å². The number of carbonyl (C=O) groups is 3. The zero-order chi connectivity index (χ0) is 32.0. The lowest BCUT2D eigenvalue weighted by Gasteiger charge is -2.32. The van der Waals surface area contributed by atoms with Gasteiger partial charge in [-0.1, -0.05) is 19.1 Å². The molecule has 230 valence electrons. The average Bonchev–Trinajstić information content (AvgIpc) is 3.73. The number of anilines is 1. The van der Waals surface area contributed by atoms with Crippen LogP contribution in [0.5, 0.6) is 0 Å². The van der Waals surface area contributed by atoms with Crippen molar-refractivity contribution in [3.63, 3.8) is 0 Å². The second-order valence-electron chi connectivity index (χ2n) is 11.6. The lowest BCUT2D eigenvalue weighted by molar-refractivity contribution is -0.139. The molecule has 1 N–H and O–H groups in total. The summed E-state index contributed by atoms with van der Waals surface area (Å²) >= 11 is 3.36. The Bertz CT molecular complexity index is 1940. The Morgan fingerprint density at radius 1 is 1.09 bits per heavy atom. The minimum Gasteiger partial charge on any atom is -0.448 e. The van der Waals surface area contributed by atoms with Crippen molar-refractivity contribution in [2.45, 2.75) is 65.1 Å². The van der Waals surface area contributed by atoms with Crippen LogP contribution in [-0.4, -0.2) is 64.3 Å². The van der Waals surface area contributed by atoms with E-state index in [0.29, 0.717) is 39.3 Å². The molecule has 5 heterocycles. The summed E-state index contributed by atoms with van der Waals surface area (Å²) in [6.45, 7) is 8.77. The molecule has 13 heteroatoms. The molecule has 4 aromatic heterocycles. The van der Waals surface area contributed by atoms with E-state index >= 15 is 0 Å². The number of fused-ring (bicyclic) bond motifs is 1. The summed E-state index contributed by atoms with van der Waals surface area (Å²) in [7, 11) is 0. The Kier molecular flexibility index (Phi) is 7.81. The number of nitrogens with one attached hydrogen (secondary N) is 1. The molecule has 1 fully saturated rings. The SMILES string of the molecule is CC(=O)c1nn(CC(=O)N2[C@H](C(=O)Nc3nc(Br)ccc3C)C[C@](C)(c3cnco3)[C@H]2C)c2ccc(-c3cnc(C)nc3)cc12. The fourth-order valence-corrected chi connectivity index (χ4v) is 6.29. The van der Waals surface area contributed by atoms with Crippen LogP contribution in [0.2, 0.25) is 0 Å². The third-order valence-electron chi connectivity index (χ3n) is 8.67. The van der Waals surface area contributed by atoms with Crippen molar-refractivity contribution in [2.24, 2.45) is 0 Å². The monoisotopic (exact) mass is 670 g/mol. The number of hydrogen-bond acceptors (Lipinski definition) is 9. The zero-order valence-electron chi connectivity index (χ0n) is 25.4. The largest absolute Gasteiger partial charge is 0.448 e. The van der Waals surface area contributed by atoms with Gasteiger partial charge in [0.15, 0.2) is 12.2 Å². The number of benzene rings is 1. The molecule has 0 bridgehead atoms. The number of oxazole rings is 1. The van der Waals surface area contributed by atoms with Gasteiger partial charge < -0.3 is 14.6 Å². The Morgan fingerprint density at radius 3 is 2.53 bits per heavy atom. The third-order valence-corrected chi connectivity index (χ3v) is 9.11. The Hall–Kier alpha value is -4.78. The van der Waals surface area contributed by atoms with Gasteiger partial charge in [0.2, 0.25) is 11.8 Å². The van der Waals surface area contributed by atoms with Gasteiger partial charge in [-0.05, 0) is 72.4 Å². The van der Waals surface area contributed by atoms with E-state index in [1.165, 1.54) is 18.0 Å². The number of aromatic nitrogens is 6. The van der Waals surface area contributed by atoms with Crippen LogP contribution in [-0.2, 0) is 21.5 Å². The molecule has 1 saturated heterocycles. The predicted molar refractivity (Wildman–Crippen MR) is 169 cm³/mol. The van der Waals surface area contributed by atoms with Gasteiger partial charge in [0, 0.05) is 41.7 Å². The summed E-state index contributed by atoms with van der Waals surface area (Å²) < 4.78 is 7.80. The molecule has 0 saturated carbocycles. The van der Waals surface area contributed by atoms with E-state index in [1.807, 2.05) is 52.0 Å². The van der Waals surface area contributed by atoms with Crippen molar-refractivity contribution in [1.29, 1.82) is 0 Å². The number of carbonyl (C=O) groups excluding carboxylic acids is 3. The molecule has 0 aliphatic carbocycles. The van der Waals surface area contributed by atoms with Crippen LogP contribution in [0.1, 0.15) is 54.8 Å². The van der Waals surface area contributed by atoms with Gasteiger partial charge in [-0.3, -0.25) is 19.1 Å². The topological polar surface area (TPSA) is 149 Å². The van der Waals surface area contributed by atoms with Gasteiger partial charge in [-0.2, -0.15) is 5.10 Å².